The highest BCUT2D eigenvalue weighted by Crippen LogP contribution is 2.47. The van der Waals surface area contributed by atoms with Crippen molar-refractivity contribution in [1.82, 2.24) is 25.8 Å². The fourth-order valence-corrected chi connectivity index (χ4v) is 6.96. The van der Waals surface area contributed by atoms with Gasteiger partial charge in [0.2, 0.25) is 11.8 Å². The van der Waals surface area contributed by atoms with Gasteiger partial charge in [-0.15, -0.1) is 0 Å². The second-order valence-electron chi connectivity index (χ2n) is 14.1. The fraction of sp³-hybridized carbons (Fsp3) is 0.667. The summed E-state index contributed by atoms with van der Waals surface area (Å²) in [7, 11) is 0. The van der Waals surface area contributed by atoms with Gasteiger partial charge in [0.1, 0.15) is 23.7 Å². The van der Waals surface area contributed by atoms with Crippen molar-refractivity contribution in [3.05, 3.63) is 35.4 Å². The number of aliphatic carboxylic acids is 1. The molecule has 1 aromatic rings. The van der Waals surface area contributed by atoms with Gasteiger partial charge in [-0.1, -0.05) is 56.4 Å². The minimum Gasteiger partial charge on any atom is -0.479 e. The Morgan fingerprint density at radius 3 is 2.42 bits per heavy atom. The van der Waals surface area contributed by atoms with Crippen molar-refractivity contribution < 1.29 is 33.8 Å². The third kappa shape index (κ3) is 7.70. The number of benzene rings is 1. The first-order valence-corrected chi connectivity index (χ1v) is 16.3. The van der Waals surface area contributed by atoms with Crippen LogP contribution < -0.4 is 16.0 Å². The zero-order chi connectivity index (χ0) is 32.4. The van der Waals surface area contributed by atoms with Crippen LogP contribution in [-0.4, -0.2) is 87.2 Å². The molecule has 0 radical (unpaired) electrons. The van der Waals surface area contributed by atoms with Crippen molar-refractivity contribution in [2.24, 2.45) is 5.92 Å². The second kappa shape index (κ2) is 13.3. The van der Waals surface area contributed by atoms with E-state index in [1.54, 1.807) is 4.90 Å². The van der Waals surface area contributed by atoms with Crippen molar-refractivity contribution in [2.75, 3.05) is 13.1 Å². The Morgan fingerprint density at radius 2 is 1.71 bits per heavy atom. The Morgan fingerprint density at radius 1 is 1.02 bits per heavy atom. The molecule has 4 aliphatic rings. The van der Waals surface area contributed by atoms with Crippen molar-refractivity contribution in [2.45, 2.75) is 121 Å². The molecule has 5 amide bonds. The van der Waals surface area contributed by atoms with E-state index in [4.69, 9.17) is 4.74 Å². The number of nitrogens with one attached hydrogen (secondary N) is 3. The smallest absolute Gasteiger partial charge is 0.410 e. The van der Waals surface area contributed by atoms with Gasteiger partial charge < -0.3 is 35.6 Å². The third-order valence-corrected chi connectivity index (χ3v) is 9.48. The van der Waals surface area contributed by atoms with E-state index in [9.17, 15) is 29.1 Å². The molecule has 0 spiro atoms. The Hall–Kier alpha value is -3.83. The van der Waals surface area contributed by atoms with Crippen LogP contribution in [0.25, 0.3) is 0 Å². The van der Waals surface area contributed by atoms with Crippen LogP contribution in [0.3, 0.4) is 0 Å². The highest BCUT2D eigenvalue weighted by Gasteiger charge is 2.62. The Bertz CT molecular complexity index is 1310. The number of nitrogens with zero attached hydrogens (tertiary/aromatic N) is 2. The monoisotopic (exact) mass is 625 g/mol. The van der Waals surface area contributed by atoms with E-state index in [2.05, 4.69) is 16.0 Å². The predicted octanol–water partition coefficient (Wildman–Crippen LogP) is 3.32. The van der Waals surface area contributed by atoms with E-state index in [0.29, 0.717) is 45.2 Å². The SMILES string of the molecule is CC(C)(C)NC(=O)N[C@H]1CCCCCCC[C@@H]2C[C@@]2(C(=O)O)NC(=O)[C@@H]2C[C@@H](OC(=O)N3CCc4ccccc4C3)CN2C1=O. The lowest BCUT2D eigenvalue weighted by Crippen LogP contribution is -2.58. The summed E-state index contributed by atoms with van der Waals surface area (Å²) in [6, 6.07) is 5.50. The molecule has 246 valence electrons. The first kappa shape index (κ1) is 32.6. The summed E-state index contributed by atoms with van der Waals surface area (Å²) in [5, 5.41) is 18.5. The number of amides is 5. The molecule has 1 aromatic carbocycles. The number of hydrogen-bond donors (Lipinski definition) is 4. The van der Waals surface area contributed by atoms with Crippen LogP contribution in [0.4, 0.5) is 9.59 Å². The molecular formula is C33H47N5O7. The van der Waals surface area contributed by atoms with E-state index in [0.717, 1.165) is 31.2 Å². The molecule has 2 saturated heterocycles. The highest BCUT2D eigenvalue weighted by atomic mass is 16.6. The summed E-state index contributed by atoms with van der Waals surface area (Å²) in [4.78, 5) is 69.4. The molecule has 5 atom stereocenters. The topological polar surface area (TPSA) is 157 Å². The Labute approximate surface area is 264 Å². The standard InChI is InChI=1S/C33H47N5O7/c1-32(2,3)36-30(43)34-25-14-8-6-4-5-7-13-23-18-33(23,29(41)42)35-27(39)26-17-24(20-38(26)28(25)40)45-31(44)37-16-15-21-11-9-10-12-22(21)19-37/h9-12,23-26H,4-8,13-20H2,1-3H3,(H,35,39)(H,41,42)(H2,34,36,43)/t23-,24-,25+,26+,33-/m1/s1. The van der Waals surface area contributed by atoms with Crippen LogP contribution in [0.1, 0.15) is 89.7 Å². The molecule has 45 heavy (non-hydrogen) atoms. The number of carboxylic acid groups (broad SMARTS) is 1. The van der Waals surface area contributed by atoms with E-state index < -0.39 is 59.2 Å². The van der Waals surface area contributed by atoms with Crippen LogP contribution in [-0.2, 0) is 32.1 Å². The number of urea groups is 1. The molecule has 0 unspecified atom stereocenters. The average Bonchev–Trinajstić information content (AvgIpc) is 3.51. The van der Waals surface area contributed by atoms with E-state index in [1.807, 2.05) is 45.0 Å². The minimum atomic E-state index is -1.35. The molecule has 1 aliphatic carbocycles. The molecule has 12 heteroatoms. The zero-order valence-corrected chi connectivity index (χ0v) is 26.6. The van der Waals surface area contributed by atoms with E-state index in [1.165, 1.54) is 10.5 Å². The quantitative estimate of drug-likeness (QED) is 0.401. The number of fused-ring (bicyclic) bond motifs is 3. The van der Waals surface area contributed by atoms with Crippen molar-refractivity contribution in [3.63, 3.8) is 0 Å². The van der Waals surface area contributed by atoms with Gasteiger partial charge in [-0.05, 0) is 63.5 Å². The predicted molar refractivity (Wildman–Crippen MR) is 165 cm³/mol. The van der Waals surface area contributed by atoms with Gasteiger partial charge >= 0.3 is 18.1 Å². The van der Waals surface area contributed by atoms with Gasteiger partial charge in [-0.2, -0.15) is 0 Å². The average molecular weight is 626 g/mol. The lowest BCUT2D eigenvalue weighted by atomic mass is 10.0. The summed E-state index contributed by atoms with van der Waals surface area (Å²) in [6.07, 6.45) is 5.18. The first-order valence-electron chi connectivity index (χ1n) is 16.3. The lowest BCUT2D eigenvalue weighted by molar-refractivity contribution is -0.145. The molecule has 0 bridgehead atoms. The largest absolute Gasteiger partial charge is 0.479 e. The van der Waals surface area contributed by atoms with E-state index >= 15 is 0 Å². The summed E-state index contributed by atoms with van der Waals surface area (Å²) in [6.45, 7) is 6.40. The van der Waals surface area contributed by atoms with Gasteiger partial charge in [0.25, 0.3) is 0 Å². The maximum absolute atomic E-state index is 14.1. The van der Waals surface area contributed by atoms with Crippen molar-refractivity contribution in [1.29, 1.82) is 0 Å². The Balaban J connectivity index is 1.36. The molecule has 1 saturated carbocycles. The number of carbonyl (C=O) groups is 5. The zero-order valence-electron chi connectivity index (χ0n) is 26.6. The molecule has 4 N–H and O–H groups in total. The highest BCUT2D eigenvalue weighted by molar-refractivity contribution is 5.96. The molecule has 3 aliphatic heterocycles. The van der Waals surface area contributed by atoms with Crippen LogP contribution in [0.2, 0.25) is 0 Å². The molecular weight excluding hydrogens is 578 g/mol. The maximum Gasteiger partial charge on any atom is 0.410 e. The maximum atomic E-state index is 14.1. The number of rotatable bonds is 3. The summed E-state index contributed by atoms with van der Waals surface area (Å²) >= 11 is 0. The minimum absolute atomic E-state index is 0.0321. The van der Waals surface area contributed by atoms with Crippen LogP contribution in [0.15, 0.2) is 24.3 Å². The van der Waals surface area contributed by atoms with Crippen molar-refractivity contribution >= 4 is 29.9 Å². The molecule has 3 heterocycles. The second-order valence-corrected chi connectivity index (χ2v) is 14.1. The Kier molecular flexibility index (Phi) is 9.60. The van der Waals surface area contributed by atoms with Crippen molar-refractivity contribution in [3.8, 4) is 0 Å². The van der Waals surface area contributed by atoms with Gasteiger partial charge in [-0.25, -0.2) is 14.4 Å². The third-order valence-electron chi connectivity index (χ3n) is 9.48. The van der Waals surface area contributed by atoms with Crippen LogP contribution >= 0.6 is 0 Å². The molecule has 12 nitrogen and oxygen atoms in total. The summed E-state index contributed by atoms with van der Waals surface area (Å²) in [5.74, 6) is -2.27. The fourth-order valence-electron chi connectivity index (χ4n) is 6.96. The van der Waals surface area contributed by atoms with Gasteiger partial charge in [0.15, 0.2) is 0 Å². The van der Waals surface area contributed by atoms with Crippen LogP contribution in [0, 0.1) is 5.92 Å². The molecule has 3 fully saturated rings. The normalized spacial score (nSPS) is 29.1. The molecule has 5 rings (SSSR count). The summed E-state index contributed by atoms with van der Waals surface area (Å²) in [5.41, 5.74) is 0.361. The lowest BCUT2D eigenvalue weighted by Gasteiger charge is -2.30. The number of ether oxygens (including phenoxy) is 1. The van der Waals surface area contributed by atoms with Gasteiger partial charge in [-0.3, -0.25) is 9.59 Å². The number of hydrogen-bond acceptors (Lipinski definition) is 6. The van der Waals surface area contributed by atoms with Gasteiger partial charge in [0.05, 0.1) is 6.54 Å². The van der Waals surface area contributed by atoms with Crippen LogP contribution in [0.5, 0.6) is 0 Å². The number of carboxylic acids is 1. The first-order chi connectivity index (χ1) is 21.4. The number of carbonyl (C=O) groups excluding carboxylic acids is 4. The molecule has 0 aromatic heterocycles. The van der Waals surface area contributed by atoms with Gasteiger partial charge in [0, 0.05) is 25.0 Å². The van der Waals surface area contributed by atoms with E-state index in [-0.39, 0.29) is 18.9 Å². The summed E-state index contributed by atoms with van der Waals surface area (Å²) < 4.78 is 5.89.